The number of fused-ring (bicyclic) bond motifs is 1. The number of amides is 1. The molecule has 2 saturated heterocycles. The molecular weight excluding hydrogens is 261 g/mol. The van der Waals surface area contributed by atoms with Crippen LogP contribution in [0.3, 0.4) is 0 Å². The van der Waals surface area contributed by atoms with Crippen LogP contribution in [0.5, 0.6) is 0 Å². The van der Waals surface area contributed by atoms with Crippen LogP contribution >= 0.6 is 23.2 Å². The molecule has 17 heavy (non-hydrogen) atoms. The van der Waals surface area contributed by atoms with E-state index in [9.17, 15) is 4.79 Å². The van der Waals surface area contributed by atoms with E-state index < -0.39 is 0 Å². The van der Waals surface area contributed by atoms with Crippen molar-refractivity contribution < 1.29 is 9.53 Å². The van der Waals surface area contributed by atoms with Crippen LogP contribution in [0.25, 0.3) is 0 Å². The van der Waals surface area contributed by atoms with Crippen molar-refractivity contribution in [2.24, 2.45) is 0 Å². The fraction of sp³-hybridized carbons (Fsp3) is 0.417. The Kier molecular flexibility index (Phi) is 2.68. The Morgan fingerprint density at radius 2 is 2.12 bits per heavy atom. The molecule has 1 aromatic carbocycles. The highest BCUT2D eigenvalue weighted by atomic mass is 35.5. The standard InChI is InChI=1S/C12H11Cl2NO2/c13-8-4-3-7(6-9(8)14)11-10-2-1-5-15(10)12(16)17-11/h3-4,6,10-11H,1-2,5H2/t10-,11-/m0/s1. The summed E-state index contributed by atoms with van der Waals surface area (Å²) in [4.78, 5) is 13.4. The maximum Gasteiger partial charge on any atom is 0.410 e. The molecule has 2 atom stereocenters. The van der Waals surface area contributed by atoms with E-state index in [4.69, 9.17) is 27.9 Å². The summed E-state index contributed by atoms with van der Waals surface area (Å²) in [5, 5.41) is 1.01. The number of cyclic esters (lactones) is 1. The first-order chi connectivity index (χ1) is 8.16. The third-order valence-corrected chi connectivity index (χ3v) is 4.12. The molecule has 0 spiro atoms. The summed E-state index contributed by atoms with van der Waals surface area (Å²) >= 11 is 11.9. The summed E-state index contributed by atoms with van der Waals surface area (Å²) in [6.45, 7) is 0.793. The lowest BCUT2D eigenvalue weighted by Gasteiger charge is -2.16. The highest BCUT2D eigenvalue weighted by molar-refractivity contribution is 6.42. The van der Waals surface area contributed by atoms with E-state index in [1.54, 1.807) is 17.0 Å². The maximum atomic E-state index is 11.6. The number of carbonyl (C=O) groups excluding carboxylic acids is 1. The summed E-state index contributed by atoms with van der Waals surface area (Å²) in [5.74, 6) is 0. The van der Waals surface area contributed by atoms with Crippen molar-refractivity contribution in [2.45, 2.75) is 25.0 Å². The van der Waals surface area contributed by atoms with Crippen molar-refractivity contribution >= 4 is 29.3 Å². The van der Waals surface area contributed by atoms with Crippen LogP contribution in [0.2, 0.25) is 10.0 Å². The summed E-state index contributed by atoms with van der Waals surface area (Å²) in [5.41, 5.74) is 0.919. The molecular formula is C12H11Cl2NO2. The monoisotopic (exact) mass is 271 g/mol. The smallest absolute Gasteiger partial charge is 0.410 e. The van der Waals surface area contributed by atoms with Gasteiger partial charge in [0.15, 0.2) is 0 Å². The average molecular weight is 272 g/mol. The van der Waals surface area contributed by atoms with Crippen LogP contribution in [0, 0.1) is 0 Å². The Morgan fingerprint density at radius 3 is 2.88 bits per heavy atom. The molecule has 3 nitrogen and oxygen atoms in total. The van der Waals surface area contributed by atoms with Crippen LogP contribution in [0.15, 0.2) is 18.2 Å². The lowest BCUT2D eigenvalue weighted by molar-refractivity contribution is 0.127. The third-order valence-electron chi connectivity index (χ3n) is 3.38. The zero-order chi connectivity index (χ0) is 12.0. The predicted molar refractivity (Wildman–Crippen MR) is 65.4 cm³/mol. The van der Waals surface area contributed by atoms with Gasteiger partial charge in [-0.25, -0.2) is 4.79 Å². The second-order valence-electron chi connectivity index (χ2n) is 4.38. The van der Waals surface area contributed by atoms with Gasteiger partial charge in [0.25, 0.3) is 0 Å². The molecule has 0 aromatic heterocycles. The van der Waals surface area contributed by atoms with E-state index in [1.807, 2.05) is 6.07 Å². The summed E-state index contributed by atoms with van der Waals surface area (Å²) in [6, 6.07) is 5.54. The molecule has 2 heterocycles. The Bertz CT molecular complexity index is 478. The molecule has 1 amide bonds. The van der Waals surface area contributed by atoms with E-state index in [1.165, 1.54) is 0 Å². The van der Waals surface area contributed by atoms with Gasteiger partial charge in [-0.2, -0.15) is 0 Å². The second-order valence-corrected chi connectivity index (χ2v) is 5.20. The molecule has 2 aliphatic heterocycles. The highest BCUT2D eigenvalue weighted by Crippen LogP contribution is 2.39. The SMILES string of the molecule is O=C1O[C@@H](c2ccc(Cl)c(Cl)c2)[C@@H]2CCCN12. The van der Waals surface area contributed by atoms with Crippen molar-refractivity contribution in [2.75, 3.05) is 6.54 Å². The minimum Gasteiger partial charge on any atom is -0.439 e. The van der Waals surface area contributed by atoms with Gasteiger partial charge in [0.2, 0.25) is 0 Å². The number of carbonyl (C=O) groups is 1. The van der Waals surface area contributed by atoms with Crippen LogP contribution in [-0.4, -0.2) is 23.6 Å². The van der Waals surface area contributed by atoms with Crippen LogP contribution in [-0.2, 0) is 4.74 Å². The van der Waals surface area contributed by atoms with Gasteiger partial charge in [-0.3, -0.25) is 0 Å². The molecule has 0 N–H and O–H groups in total. The number of nitrogens with zero attached hydrogens (tertiary/aromatic N) is 1. The van der Waals surface area contributed by atoms with Crippen LogP contribution in [0.4, 0.5) is 4.79 Å². The molecule has 5 heteroatoms. The van der Waals surface area contributed by atoms with E-state index in [0.717, 1.165) is 24.9 Å². The van der Waals surface area contributed by atoms with Gasteiger partial charge in [0.05, 0.1) is 16.1 Å². The normalized spacial score (nSPS) is 27.2. The first-order valence-electron chi connectivity index (χ1n) is 5.59. The minimum atomic E-state index is -0.219. The van der Waals surface area contributed by atoms with Gasteiger partial charge in [-0.1, -0.05) is 29.3 Å². The Balaban J connectivity index is 1.94. The number of hydrogen-bond acceptors (Lipinski definition) is 2. The first-order valence-corrected chi connectivity index (χ1v) is 6.34. The van der Waals surface area contributed by atoms with E-state index in [0.29, 0.717) is 10.0 Å². The average Bonchev–Trinajstić information content (AvgIpc) is 2.87. The molecule has 0 unspecified atom stereocenters. The molecule has 2 fully saturated rings. The number of benzene rings is 1. The summed E-state index contributed by atoms with van der Waals surface area (Å²) < 4.78 is 5.39. The Morgan fingerprint density at radius 1 is 1.29 bits per heavy atom. The second kappa shape index (κ2) is 4.07. The lowest BCUT2D eigenvalue weighted by atomic mass is 10.0. The molecule has 3 rings (SSSR count). The Labute approximate surface area is 109 Å². The van der Waals surface area contributed by atoms with Crippen LogP contribution in [0.1, 0.15) is 24.5 Å². The predicted octanol–water partition coefficient (Wildman–Crippen LogP) is 3.65. The van der Waals surface area contributed by atoms with Gasteiger partial charge in [0, 0.05) is 6.54 Å². The minimum absolute atomic E-state index is 0.153. The van der Waals surface area contributed by atoms with Crippen molar-refractivity contribution in [1.82, 2.24) is 4.90 Å². The zero-order valence-electron chi connectivity index (χ0n) is 9.03. The molecule has 0 saturated carbocycles. The van der Waals surface area contributed by atoms with E-state index in [-0.39, 0.29) is 18.2 Å². The zero-order valence-corrected chi connectivity index (χ0v) is 10.5. The number of halogens is 2. The number of hydrogen-bond donors (Lipinski definition) is 0. The van der Waals surface area contributed by atoms with Crippen molar-refractivity contribution in [3.05, 3.63) is 33.8 Å². The van der Waals surface area contributed by atoms with Crippen LogP contribution < -0.4 is 0 Å². The van der Waals surface area contributed by atoms with Crippen molar-refractivity contribution in [3.63, 3.8) is 0 Å². The topological polar surface area (TPSA) is 29.5 Å². The molecule has 1 aromatic rings. The van der Waals surface area contributed by atoms with Gasteiger partial charge >= 0.3 is 6.09 Å². The molecule has 0 radical (unpaired) electrons. The maximum absolute atomic E-state index is 11.6. The lowest BCUT2D eigenvalue weighted by Crippen LogP contribution is -2.27. The quantitative estimate of drug-likeness (QED) is 0.781. The molecule has 2 aliphatic rings. The Hall–Kier alpha value is -0.930. The fourth-order valence-electron chi connectivity index (χ4n) is 2.57. The van der Waals surface area contributed by atoms with E-state index in [2.05, 4.69) is 0 Å². The van der Waals surface area contributed by atoms with Gasteiger partial charge in [0.1, 0.15) is 6.10 Å². The summed E-state index contributed by atoms with van der Waals surface area (Å²) in [6.07, 6.45) is 1.59. The van der Waals surface area contributed by atoms with Crippen molar-refractivity contribution in [3.8, 4) is 0 Å². The van der Waals surface area contributed by atoms with Gasteiger partial charge in [-0.15, -0.1) is 0 Å². The highest BCUT2D eigenvalue weighted by Gasteiger charge is 2.45. The van der Waals surface area contributed by atoms with Crippen molar-refractivity contribution in [1.29, 1.82) is 0 Å². The number of ether oxygens (including phenoxy) is 1. The van der Waals surface area contributed by atoms with Gasteiger partial charge < -0.3 is 9.64 Å². The molecule has 0 aliphatic carbocycles. The molecule has 0 bridgehead atoms. The summed E-state index contributed by atoms with van der Waals surface area (Å²) in [7, 11) is 0. The third kappa shape index (κ3) is 1.78. The van der Waals surface area contributed by atoms with E-state index >= 15 is 0 Å². The largest absolute Gasteiger partial charge is 0.439 e. The first kappa shape index (κ1) is 11.2. The fourth-order valence-corrected chi connectivity index (χ4v) is 2.87. The molecule has 90 valence electrons. The van der Waals surface area contributed by atoms with Gasteiger partial charge in [-0.05, 0) is 30.5 Å². The number of rotatable bonds is 1.